The van der Waals surface area contributed by atoms with E-state index < -0.39 is 0 Å². The molecule has 1 aliphatic heterocycles. The summed E-state index contributed by atoms with van der Waals surface area (Å²) in [7, 11) is 2.16. The Labute approximate surface area is 221 Å². The van der Waals surface area contributed by atoms with Gasteiger partial charge in [-0.05, 0) is 56.1 Å². The molecule has 0 unspecified atom stereocenters. The molecule has 2 aliphatic rings. The molecule has 1 aromatic carbocycles. The number of thiazole rings is 1. The van der Waals surface area contributed by atoms with Crippen LogP contribution < -0.4 is 9.64 Å². The van der Waals surface area contributed by atoms with Gasteiger partial charge in [-0.3, -0.25) is 4.98 Å². The average molecular weight is 516 g/mol. The second kappa shape index (κ2) is 10.7. The molecule has 0 bridgehead atoms. The van der Waals surface area contributed by atoms with Crippen LogP contribution in [-0.2, 0) is 6.42 Å². The number of nitrogens with zero attached hydrogens (tertiary/aromatic N) is 5. The molecule has 3 aromatic heterocycles. The highest BCUT2D eigenvalue weighted by molar-refractivity contribution is 7.18. The number of anilines is 1. The van der Waals surface area contributed by atoms with Crippen molar-refractivity contribution in [3.05, 3.63) is 59.9 Å². The first-order valence-electron chi connectivity index (χ1n) is 13.2. The van der Waals surface area contributed by atoms with E-state index in [4.69, 9.17) is 14.7 Å². The second-order valence-corrected chi connectivity index (χ2v) is 11.3. The lowest BCUT2D eigenvalue weighted by Gasteiger charge is -2.33. The van der Waals surface area contributed by atoms with Gasteiger partial charge in [0.25, 0.3) is 0 Å². The largest absolute Gasteiger partial charge is 0.457 e. The van der Waals surface area contributed by atoms with Crippen LogP contribution >= 0.6 is 11.3 Å². The van der Waals surface area contributed by atoms with E-state index in [1.165, 1.54) is 6.42 Å². The van der Waals surface area contributed by atoms with E-state index >= 15 is 0 Å². The summed E-state index contributed by atoms with van der Waals surface area (Å²) in [4.78, 5) is 18.7. The Bertz CT molecular complexity index is 1350. The van der Waals surface area contributed by atoms with Gasteiger partial charge in [-0.25, -0.2) is 9.97 Å². The van der Waals surface area contributed by atoms with Gasteiger partial charge in [0.05, 0.1) is 27.0 Å². The molecule has 0 spiro atoms. The zero-order valence-electron chi connectivity index (χ0n) is 21.2. The van der Waals surface area contributed by atoms with Crippen molar-refractivity contribution >= 4 is 27.4 Å². The molecule has 8 heteroatoms. The topological polar surface area (TPSA) is 74.6 Å². The lowest BCUT2D eigenvalue weighted by molar-refractivity contribution is 0.0700. The van der Waals surface area contributed by atoms with Crippen molar-refractivity contribution < 1.29 is 9.84 Å². The summed E-state index contributed by atoms with van der Waals surface area (Å²) < 4.78 is 7.33. The number of ether oxygens (including phenoxy) is 1. The number of aliphatic hydroxyl groups excluding tert-OH is 1. The molecule has 4 aromatic rings. The molecule has 2 fully saturated rings. The Hall–Kier alpha value is -3.07. The Morgan fingerprint density at radius 3 is 2.62 bits per heavy atom. The van der Waals surface area contributed by atoms with Gasteiger partial charge in [-0.1, -0.05) is 12.8 Å². The van der Waals surface area contributed by atoms with Crippen LogP contribution in [0.25, 0.3) is 21.5 Å². The normalized spacial score (nSPS) is 20.9. The van der Waals surface area contributed by atoms with E-state index in [0.29, 0.717) is 5.92 Å². The first-order valence-corrected chi connectivity index (χ1v) is 14.0. The number of benzene rings is 1. The van der Waals surface area contributed by atoms with Crippen LogP contribution in [0.4, 0.5) is 5.82 Å². The summed E-state index contributed by atoms with van der Waals surface area (Å²) >= 11 is 1.70. The summed E-state index contributed by atoms with van der Waals surface area (Å²) in [6.45, 7) is 4.11. The predicted octanol–water partition coefficient (Wildman–Crippen LogP) is 5.39. The minimum Gasteiger partial charge on any atom is -0.457 e. The number of fused-ring (bicyclic) bond motifs is 1. The molecular formula is C29H33N5O2S. The van der Waals surface area contributed by atoms with Crippen LogP contribution in [-0.4, -0.2) is 64.3 Å². The first kappa shape index (κ1) is 24.3. The summed E-state index contributed by atoms with van der Waals surface area (Å²) in [5.41, 5.74) is 2.79. The zero-order valence-corrected chi connectivity index (χ0v) is 22.0. The lowest BCUT2D eigenvalue weighted by atomic mass is 9.84. The minimum absolute atomic E-state index is 0.196. The molecular weight excluding hydrogens is 482 g/mol. The summed E-state index contributed by atoms with van der Waals surface area (Å²) in [5, 5.41) is 11.4. The number of aromatic nitrogens is 3. The third-order valence-electron chi connectivity index (χ3n) is 7.55. The summed E-state index contributed by atoms with van der Waals surface area (Å²) in [6.07, 6.45) is 8.67. The Morgan fingerprint density at radius 1 is 0.973 bits per heavy atom. The molecule has 1 N–H and O–H groups in total. The number of likely N-dealkylation sites (N-methyl/N-ethyl adjacent to an activating group) is 1. The third kappa shape index (κ3) is 5.61. The number of pyridine rings is 2. The van der Waals surface area contributed by atoms with E-state index in [0.717, 1.165) is 95.7 Å². The molecule has 0 amide bonds. The van der Waals surface area contributed by atoms with Gasteiger partial charge in [-0.15, -0.1) is 11.3 Å². The average Bonchev–Trinajstić information content (AvgIpc) is 3.32. The first-order chi connectivity index (χ1) is 18.1. The van der Waals surface area contributed by atoms with Crippen LogP contribution in [0.15, 0.2) is 54.9 Å². The predicted molar refractivity (Wildman–Crippen MR) is 149 cm³/mol. The molecule has 192 valence electrons. The smallest absolute Gasteiger partial charge is 0.131 e. The fourth-order valence-corrected chi connectivity index (χ4v) is 6.37. The van der Waals surface area contributed by atoms with E-state index in [-0.39, 0.29) is 6.10 Å². The Balaban J connectivity index is 1.14. The Kier molecular flexibility index (Phi) is 7.04. The molecule has 1 saturated heterocycles. The molecule has 37 heavy (non-hydrogen) atoms. The highest BCUT2D eigenvalue weighted by atomic mass is 32.1. The van der Waals surface area contributed by atoms with Crippen molar-refractivity contribution in [3.63, 3.8) is 0 Å². The molecule has 6 rings (SSSR count). The van der Waals surface area contributed by atoms with Gasteiger partial charge in [0, 0.05) is 62.7 Å². The fourth-order valence-electron chi connectivity index (χ4n) is 5.28. The van der Waals surface area contributed by atoms with E-state index in [1.54, 1.807) is 17.5 Å². The number of piperazine rings is 1. The van der Waals surface area contributed by atoms with Gasteiger partial charge < -0.3 is 19.6 Å². The van der Waals surface area contributed by atoms with Crippen molar-refractivity contribution in [3.8, 4) is 22.8 Å². The molecule has 1 saturated carbocycles. The van der Waals surface area contributed by atoms with Crippen LogP contribution in [0.3, 0.4) is 0 Å². The van der Waals surface area contributed by atoms with Gasteiger partial charge >= 0.3 is 0 Å². The highest BCUT2D eigenvalue weighted by Gasteiger charge is 2.24. The number of hydrogen-bond acceptors (Lipinski definition) is 8. The van der Waals surface area contributed by atoms with Gasteiger partial charge in [0.1, 0.15) is 17.3 Å². The standard InChI is InChI=1S/C29H33N5O2S/c1-33-12-14-34(15-13-33)28-9-6-21(19-31-28)25-17-23(10-11-30-25)36-22-7-8-24-27(18-22)37-29(32-24)16-20-4-2-3-5-26(20)35/h6-11,17-20,26,35H,2-5,12-16H2,1H3/t20-,26+/m0/s1. The van der Waals surface area contributed by atoms with Crippen LogP contribution in [0, 0.1) is 5.92 Å². The van der Waals surface area contributed by atoms with Crippen molar-refractivity contribution in [1.82, 2.24) is 19.9 Å². The highest BCUT2D eigenvalue weighted by Crippen LogP contribution is 2.33. The molecule has 1 aliphatic carbocycles. The Morgan fingerprint density at radius 2 is 1.81 bits per heavy atom. The van der Waals surface area contributed by atoms with E-state index in [2.05, 4.69) is 40.0 Å². The quantitative estimate of drug-likeness (QED) is 0.369. The van der Waals surface area contributed by atoms with Crippen LogP contribution in [0.1, 0.15) is 30.7 Å². The lowest BCUT2D eigenvalue weighted by Crippen LogP contribution is -2.44. The zero-order chi connectivity index (χ0) is 25.2. The molecule has 7 nitrogen and oxygen atoms in total. The SMILES string of the molecule is CN1CCN(c2ccc(-c3cc(Oc4ccc5nc(C[C@@H]6CCCC[C@H]6O)sc5c4)ccn3)cn2)CC1. The van der Waals surface area contributed by atoms with E-state index in [9.17, 15) is 5.11 Å². The maximum absolute atomic E-state index is 10.3. The van der Waals surface area contributed by atoms with E-state index in [1.807, 2.05) is 30.5 Å². The van der Waals surface area contributed by atoms with Gasteiger partial charge in [0.15, 0.2) is 0 Å². The van der Waals surface area contributed by atoms with Crippen LogP contribution in [0.2, 0.25) is 0 Å². The van der Waals surface area contributed by atoms with Crippen molar-refractivity contribution in [2.24, 2.45) is 5.92 Å². The van der Waals surface area contributed by atoms with Crippen molar-refractivity contribution in [2.45, 2.75) is 38.2 Å². The monoisotopic (exact) mass is 515 g/mol. The molecule has 4 heterocycles. The fraction of sp³-hybridized carbons (Fsp3) is 0.414. The van der Waals surface area contributed by atoms with Crippen LogP contribution in [0.5, 0.6) is 11.5 Å². The third-order valence-corrected chi connectivity index (χ3v) is 8.59. The van der Waals surface area contributed by atoms with Gasteiger partial charge in [0.2, 0.25) is 0 Å². The maximum Gasteiger partial charge on any atom is 0.131 e. The van der Waals surface area contributed by atoms with Gasteiger partial charge in [-0.2, -0.15) is 0 Å². The maximum atomic E-state index is 10.3. The number of rotatable bonds is 6. The number of hydrogen-bond donors (Lipinski definition) is 1. The molecule has 2 atom stereocenters. The number of aliphatic hydroxyl groups is 1. The molecule has 0 radical (unpaired) electrons. The summed E-state index contributed by atoms with van der Waals surface area (Å²) in [6, 6.07) is 14.0. The summed E-state index contributed by atoms with van der Waals surface area (Å²) in [5.74, 6) is 2.86. The second-order valence-electron chi connectivity index (χ2n) is 10.2. The van der Waals surface area contributed by atoms with Crippen molar-refractivity contribution in [2.75, 3.05) is 38.1 Å². The minimum atomic E-state index is -0.196. The van der Waals surface area contributed by atoms with Crippen molar-refractivity contribution in [1.29, 1.82) is 0 Å².